The Bertz CT molecular complexity index is 893. The van der Waals surface area contributed by atoms with Gasteiger partial charge in [0.2, 0.25) is 11.0 Å². The Morgan fingerprint density at radius 3 is 2.60 bits per heavy atom. The molecule has 6 nitrogen and oxygen atoms in total. The predicted octanol–water partition coefficient (Wildman–Crippen LogP) is 2.88. The van der Waals surface area contributed by atoms with Gasteiger partial charge in [0.25, 0.3) is 5.91 Å². The maximum atomic E-state index is 12.0. The number of nitrogens with one attached hydrogen (secondary N) is 2. The first-order chi connectivity index (χ1) is 12.1. The lowest BCUT2D eigenvalue weighted by Gasteiger charge is -2.05. The summed E-state index contributed by atoms with van der Waals surface area (Å²) in [5.41, 5.74) is 2.45. The summed E-state index contributed by atoms with van der Waals surface area (Å²) in [6.07, 6.45) is 0. The zero-order chi connectivity index (χ0) is 17.6. The normalized spacial score (nSPS) is 10.3. The average molecular weight is 352 g/mol. The van der Waals surface area contributed by atoms with Gasteiger partial charge in [0.15, 0.2) is 0 Å². The maximum Gasteiger partial charge on any atom is 0.251 e. The van der Waals surface area contributed by atoms with Crippen LogP contribution < -0.4 is 10.6 Å². The molecule has 0 spiro atoms. The van der Waals surface area contributed by atoms with Crippen LogP contribution in [0.1, 0.15) is 15.9 Å². The van der Waals surface area contributed by atoms with Gasteiger partial charge < -0.3 is 5.32 Å². The molecule has 2 amide bonds. The molecule has 25 heavy (non-hydrogen) atoms. The maximum absolute atomic E-state index is 12.0. The first kappa shape index (κ1) is 16.8. The minimum Gasteiger partial charge on any atom is -0.343 e. The van der Waals surface area contributed by atoms with Gasteiger partial charge in [0.05, 0.1) is 6.54 Å². The number of carbonyl (C=O) groups is 2. The van der Waals surface area contributed by atoms with Gasteiger partial charge in [-0.3, -0.25) is 14.9 Å². The van der Waals surface area contributed by atoms with E-state index in [1.807, 2.05) is 43.3 Å². The summed E-state index contributed by atoms with van der Waals surface area (Å²) in [4.78, 5) is 24.0. The molecular weight excluding hydrogens is 336 g/mol. The van der Waals surface area contributed by atoms with Crippen LogP contribution in [0.15, 0.2) is 54.6 Å². The molecule has 0 atom stereocenters. The van der Waals surface area contributed by atoms with Gasteiger partial charge in [-0.1, -0.05) is 59.4 Å². The van der Waals surface area contributed by atoms with Crippen LogP contribution in [0.25, 0.3) is 10.6 Å². The summed E-state index contributed by atoms with van der Waals surface area (Å²) in [6, 6.07) is 16.8. The van der Waals surface area contributed by atoms with E-state index in [9.17, 15) is 9.59 Å². The van der Waals surface area contributed by atoms with Crippen molar-refractivity contribution in [2.75, 3.05) is 11.9 Å². The van der Waals surface area contributed by atoms with Crippen molar-refractivity contribution in [3.63, 3.8) is 0 Å². The highest BCUT2D eigenvalue weighted by molar-refractivity contribution is 7.18. The molecule has 1 aromatic heterocycles. The third-order valence-electron chi connectivity index (χ3n) is 3.38. The number of anilines is 1. The number of carbonyl (C=O) groups excluding carboxylic acids is 2. The molecule has 126 valence electrons. The minimum atomic E-state index is -0.350. The van der Waals surface area contributed by atoms with Crippen LogP contribution >= 0.6 is 11.3 Å². The molecule has 2 N–H and O–H groups in total. The molecule has 0 aliphatic rings. The number of rotatable bonds is 5. The van der Waals surface area contributed by atoms with E-state index in [4.69, 9.17) is 0 Å². The van der Waals surface area contributed by atoms with Crippen molar-refractivity contribution in [2.24, 2.45) is 0 Å². The molecule has 0 saturated carbocycles. The van der Waals surface area contributed by atoms with Gasteiger partial charge in [-0.25, -0.2) is 0 Å². The Balaban J connectivity index is 1.55. The minimum absolute atomic E-state index is 0.132. The van der Waals surface area contributed by atoms with Crippen molar-refractivity contribution >= 4 is 28.3 Å². The van der Waals surface area contributed by atoms with E-state index in [-0.39, 0.29) is 18.4 Å². The van der Waals surface area contributed by atoms with Crippen molar-refractivity contribution in [2.45, 2.75) is 6.92 Å². The lowest BCUT2D eigenvalue weighted by Crippen LogP contribution is -2.32. The van der Waals surface area contributed by atoms with Crippen LogP contribution in [0.3, 0.4) is 0 Å². The SMILES string of the molecule is Cc1cccc(C(=O)NCC(=O)Nc2nnc(-c3ccccc3)s2)c1. The summed E-state index contributed by atoms with van der Waals surface area (Å²) in [5.74, 6) is -0.641. The Morgan fingerprint density at radius 2 is 1.84 bits per heavy atom. The molecule has 0 radical (unpaired) electrons. The Kier molecular flexibility index (Phi) is 5.15. The second-order valence-electron chi connectivity index (χ2n) is 5.38. The van der Waals surface area contributed by atoms with Crippen molar-refractivity contribution in [3.05, 3.63) is 65.7 Å². The van der Waals surface area contributed by atoms with E-state index in [2.05, 4.69) is 20.8 Å². The van der Waals surface area contributed by atoms with Crippen molar-refractivity contribution in [3.8, 4) is 10.6 Å². The van der Waals surface area contributed by atoms with Crippen molar-refractivity contribution in [1.29, 1.82) is 0 Å². The molecule has 0 aliphatic heterocycles. The number of hydrogen-bond acceptors (Lipinski definition) is 5. The van der Waals surface area contributed by atoms with Crippen LogP contribution in [-0.4, -0.2) is 28.6 Å². The fraction of sp³-hybridized carbons (Fsp3) is 0.111. The lowest BCUT2D eigenvalue weighted by molar-refractivity contribution is -0.115. The van der Waals surface area contributed by atoms with E-state index in [1.165, 1.54) is 11.3 Å². The second-order valence-corrected chi connectivity index (χ2v) is 6.36. The molecule has 0 unspecified atom stereocenters. The smallest absolute Gasteiger partial charge is 0.251 e. The van der Waals surface area contributed by atoms with Crippen LogP contribution in [-0.2, 0) is 4.79 Å². The zero-order valence-corrected chi connectivity index (χ0v) is 14.3. The van der Waals surface area contributed by atoms with E-state index in [0.717, 1.165) is 16.1 Å². The zero-order valence-electron chi connectivity index (χ0n) is 13.5. The van der Waals surface area contributed by atoms with Crippen molar-refractivity contribution in [1.82, 2.24) is 15.5 Å². The van der Waals surface area contributed by atoms with E-state index in [1.54, 1.807) is 18.2 Å². The molecule has 0 aliphatic carbocycles. The van der Waals surface area contributed by atoms with E-state index in [0.29, 0.717) is 10.7 Å². The van der Waals surface area contributed by atoms with Crippen LogP contribution in [0, 0.1) is 6.92 Å². The fourth-order valence-corrected chi connectivity index (χ4v) is 2.95. The van der Waals surface area contributed by atoms with Gasteiger partial charge in [0.1, 0.15) is 5.01 Å². The largest absolute Gasteiger partial charge is 0.343 e. The highest BCUT2D eigenvalue weighted by atomic mass is 32.1. The Labute approximate surface area is 148 Å². The topological polar surface area (TPSA) is 84.0 Å². The Hall–Kier alpha value is -3.06. The third kappa shape index (κ3) is 4.48. The first-order valence-electron chi connectivity index (χ1n) is 7.65. The highest BCUT2D eigenvalue weighted by Gasteiger charge is 2.11. The summed E-state index contributed by atoms with van der Waals surface area (Å²) in [5, 5.41) is 14.4. The highest BCUT2D eigenvalue weighted by Crippen LogP contribution is 2.25. The molecule has 0 saturated heterocycles. The third-order valence-corrected chi connectivity index (χ3v) is 4.27. The molecular formula is C18H16N4O2S. The number of hydrogen-bond donors (Lipinski definition) is 2. The number of nitrogens with zero attached hydrogens (tertiary/aromatic N) is 2. The van der Waals surface area contributed by atoms with Gasteiger partial charge in [-0.05, 0) is 19.1 Å². The van der Waals surface area contributed by atoms with Crippen LogP contribution in [0.2, 0.25) is 0 Å². The summed E-state index contributed by atoms with van der Waals surface area (Å²) >= 11 is 1.28. The van der Waals surface area contributed by atoms with E-state index < -0.39 is 0 Å². The molecule has 3 aromatic rings. The van der Waals surface area contributed by atoms with E-state index >= 15 is 0 Å². The van der Waals surface area contributed by atoms with Crippen LogP contribution in [0.5, 0.6) is 0 Å². The molecule has 3 rings (SSSR count). The van der Waals surface area contributed by atoms with Gasteiger partial charge in [0, 0.05) is 11.1 Å². The monoisotopic (exact) mass is 352 g/mol. The fourth-order valence-electron chi connectivity index (χ4n) is 2.18. The molecule has 1 heterocycles. The van der Waals surface area contributed by atoms with Crippen LogP contribution in [0.4, 0.5) is 5.13 Å². The number of aromatic nitrogens is 2. The van der Waals surface area contributed by atoms with Gasteiger partial charge in [-0.2, -0.15) is 0 Å². The summed E-state index contributed by atoms with van der Waals surface area (Å²) < 4.78 is 0. The number of aryl methyl sites for hydroxylation is 1. The lowest BCUT2D eigenvalue weighted by atomic mass is 10.1. The number of amides is 2. The quantitative estimate of drug-likeness (QED) is 0.739. The summed E-state index contributed by atoms with van der Waals surface area (Å²) in [6.45, 7) is 1.77. The van der Waals surface area contributed by atoms with Gasteiger partial charge in [-0.15, -0.1) is 10.2 Å². The molecule has 7 heteroatoms. The molecule has 0 bridgehead atoms. The summed E-state index contributed by atoms with van der Waals surface area (Å²) in [7, 11) is 0. The molecule has 0 fully saturated rings. The first-order valence-corrected chi connectivity index (χ1v) is 8.47. The predicted molar refractivity (Wildman–Crippen MR) is 97.5 cm³/mol. The Morgan fingerprint density at radius 1 is 1.04 bits per heavy atom. The standard InChI is InChI=1S/C18H16N4O2S/c1-12-6-5-9-14(10-12)16(24)19-11-15(23)20-18-22-21-17(25-18)13-7-3-2-4-8-13/h2-10H,11H2,1H3,(H,19,24)(H,20,22,23). The average Bonchev–Trinajstić information content (AvgIpc) is 3.09. The molecule has 2 aromatic carbocycles. The number of benzene rings is 2. The second kappa shape index (κ2) is 7.67. The van der Waals surface area contributed by atoms with Gasteiger partial charge >= 0.3 is 0 Å². The van der Waals surface area contributed by atoms with Crippen molar-refractivity contribution < 1.29 is 9.59 Å².